The van der Waals surface area contributed by atoms with Crippen LogP contribution in [0.5, 0.6) is 0 Å². The van der Waals surface area contributed by atoms with E-state index in [9.17, 15) is 0 Å². The summed E-state index contributed by atoms with van der Waals surface area (Å²) < 4.78 is 2.40. The van der Waals surface area contributed by atoms with Crippen LogP contribution in [0.1, 0.15) is 13.8 Å². The lowest BCUT2D eigenvalue weighted by molar-refractivity contribution is 0.611. The maximum absolute atomic E-state index is 2.40. The Hall–Kier alpha value is 0.492. The monoisotopic (exact) mass is 143 g/mol. The minimum absolute atomic E-state index is 0.500. The molecule has 0 radical (unpaired) electrons. The van der Waals surface area contributed by atoms with E-state index in [0.29, 0.717) is 0 Å². The molecule has 0 amide bonds. The molecule has 0 fully saturated rings. The third-order valence-electron chi connectivity index (χ3n) is 1.69. The quantitative estimate of drug-likeness (QED) is 0.545. The smallest absolute Gasteiger partial charge is 0.369 e. The predicted molar refractivity (Wildman–Crippen MR) is 45.0 cm³/mol. The Balaban J connectivity index is 3.38. The van der Waals surface area contributed by atoms with Crippen LogP contribution in [-0.2, 0) is 0 Å². The summed E-state index contributed by atoms with van der Waals surface area (Å²) in [6.07, 6.45) is 0. The van der Waals surface area contributed by atoms with E-state index in [-0.39, 0.29) is 0 Å². The molecule has 0 bridgehead atoms. The van der Waals surface area contributed by atoms with E-state index in [0.717, 1.165) is 5.92 Å². The first-order chi connectivity index (χ1) is 4.04. The summed E-state index contributed by atoms with van der Waals surface area (Å²) in [5.74, 6) is 3.29. The lowest BCUT2D eigenvalue weighted by atomic mass is 10.3. The van der Waals surface area contributed by atoms with Gasteiger partial charge in [0, 0.05) is 0 Å². The van der Waals surface area contributed by atoms with Crippen LogP contribution in [0.25, 0.3) is 0 Å². The van der Waals surface area contributed by atoms with Gasteiger partial charge in [0.1, 0.15) is 0 Å². The molecule has 9 heavy (non-hydrogen) atoms. The van der Waals surface area contributed by atoms with Crippen molar-refractivity contribution in [1.29, 1.82) is 0 Å². The highest BCUT2D eigenvalue weighted by atomic mass is 27.2. The summed E-state index contributed by atoms with van der Waals surface area (Å²) >= 11 is -0.500. The third kappa shape index (κ3) is 4.96. The molecular formula is C7H18AlN. The second kappa shape index (κ2) is 4.33. The normalized spacial score (nSPS) is 11.0. The van der Waals surface area contributed by atoms with Crippen LogP contribution in [-0.4, -0.2) is 32.3 Å². The van der Waals surface area contributed by atoms with E-state index >= 15 is 0 Å². The van der Waals surface area contributed by atoms with Gasteiger partial charge in [-0.3, -0.25) is 0 Å². The van der Waals surface area contributed by atoms with E-state index in [4.69, 9.17) is 0 Å². The molecule has 0 N–H and O–H groups in total. The Morgan fingerprint density at radius 2 is 1.78 bits per heavy atom. The molecule has 0 aromatic carbocycles. The van der Waals surface area contributed by atoms with Crippen LogP contribution in [0.4, 0.5) is 0 Å². The largest absolute Gasteiger partial charge is 0.390 e. The minimum atomic E-state index is -0.500. The summed E-state index contributed by atoms with van der Waals surface area (Å²) in [7, 11) is 4.39. The molecule has 0 aromatic heterocycles. The Labute approximate surface area is 63.7 Å². The van der Waals surface area contributed by atoms with Crippen molar-refractivity contribution in [3.8, 4) is 0 Å². The SMILES string of the molecule is CC(C)[CH2][Al]([CH3])[N](C)C. The maximum Gasteiger partial charge on any atom is 0.369 e. The molecule has 0 unspecified atom stereocenters. The van der Waals surface area contributed by atoms with Crippen molar-refractivity contribution in [3.63, 3.8) is 0 Å². The highest BCUT2D eigenvalue weighted by Crippen LogP contribution is 2.05. The van der Waals surface area contributed by atoms with E-state index in [1.165, 1.54) is 5.28 Å². The van der Waals surface area contributed by atoms with Gasteiger partial charge < -0.3 is 3.88 Å². The summed E-state index contributed by atoms with van der Waals surface area (Å²) in [5, 5.41) is 1.44. The van der Waals surface area contributed by atoms with Crippen molar-refractivity contribution < 1.29 is 0 Å². The number of hydrogen-bond acceptors (Lipinski definition) is 1. The van der Waals surface area contributed by atoms with Crippen LogP contribution in [0.2, 0.25) is 11.1 Å². The zero-order valence-electron chi connectivity index (χ0n) is 7.31. The molecule has 0 rings (SSSR count). The first-order valence-electron chi connectivity index (χ1n) is 3.70. The van der Waals surface area contributed by atoms with Gasteiger partial charge in [0.25, 0.3) is 0 Å². The molecule has 1 nitrogen and oxygen atoms in total. The van der Waals surface area contributed by atoms with Gasteiger partial charge in [-0.1, -0.05) is 30.8 Å². The summed E-state index contributed by atoms with van der Waals surface area (Å²) in [6.45, 7) is 4.60. The molecule has 0 saturated heterocycles. The Morgan fingerprint density at radius 1 is 1.33 bits per heavy atom. The maximum atomic E-state index is 2.40. The van der Waals surface area contributed by atoms with Crippen LogP contribution in [0.3, 0.4) is 0 Å². The van der Waals surface area contributed by atoms with Gasteiger partial charge in [0.05, 0.1) is 0 Å². The molecule has 0 spiro atoms. The van der Waals surface area contributed by atoms with Crippen molar-refractivity contribution in [2.75, 3.05) is 14.1 Å². The highest BCUT2D eigenvalue weighted by Gasteiger charge is 2.14. The van der Waals surface area contributed by atoms with Crippen molar-refractivity contribution in [1.82, 2.24) is 3.88 Å². The molecule has 0 aromatic rings. The number of rotatable bonds is 3. The van der Waals surface area contributed by atoms with Gasteiger partial charge >= 0.3 is 14.4 Å². The van der Waals surface area contributed by atoms with Crippen molar-refractivity contribution >= 4 is 14.4 Å². The predicted octanol–water partition coefficient (Wildman–Crippen LogP) is 1.83. The Morgan fingerprint density at radius 3 is 1.89 bits per heavy atom. The van der Waals surface area contributed by atoms with E-state index in [2.05, 4.69) is 37.6 Å². The van der Waals surface area contributed by atoms with Gasteiger partial charge in [-0.2, -0.15) is 0 Å². The molecule has 0 atom stereocenters. The fraction of sp³-hybridized carbons (Fsp3) is 1.00. The lowest BCUT2D eigenvalue weighted by Crippen LogP contribution is -2.30. The summed E-state index contributed by atoms with van der Waals surface area (Å²) in [5.41, 5.74) is 0. The molecule has 0 saturated carbocycles. The molecule has 0 heterocycles. The van der Waals surface area contributed by atoms with Crippen LogP contribution in [0.15, 0.2) is 0 Å². The van der Waals surface area contributed by atoms with Crippen molar-refractivity contribution in [2.24, 2.45) is 5.92 Å². The van der Waals surface area contributed by atoms with Crippen molar-refractivity contribution in [2.45, 2.75) is 24.9 Å². The Kier molecular flexibility index (Phi) is 4.57. The van der Waals surface area contributed by atoms with Gasteiger partial charge in [0.15, 0.2) is 0 Å². The summed E-state index contributed by atoms with van der Waals surface area (Å²) in [6, 6.07) is 0. The molecular weight excluding hydrogens is 125 g/mol. The second-order valence-electron chi connectivity index (χ2n) is 3.44. The van der Waals surface area contributed by atoms with E-state index in [1.54, 1.807) is 0 Å². The Bertz CT molecular complexity index is 71.3. The van der Waals surface area contributed by atoms with Crippen molar-refractivity contribution in [3.05, 3.63) is 0 Å². The standard InChI is InChI=1S/C4H9.C2H6N.CH3.Al/c1-4(2)3;1-3-2;;/h4H,1H2,2-3H3;1-2H3;1H3;/q;-1;;+1. The summed E-state index contributed by atoms with van der Waals surface area (Å²) in [4.78, 5) is 0. The molecule has 0 aliphatic rings. The van der Waals surface area contributed by atoms with Gasteiger partial charge in [0.2, 0.25) is 0 Å². The second-order valence-corrected chi connectivity index (χ2v) is 6.64. The van der Waals surface area contributed by atoms with Crippen LogP contribution in [0, 0.1) is 5.92 Å². The van der Waals surface area contributed by atoms with Crippen LogP contribution >= 0.6 is 0 Å². The van der Waals surface area contributed by atoms with Gasteiger partial charge in [-0.15, -0.1) is 0 Å². The number of hydrogen-bond donors (Lipinski definition) is 0. The molecule has 0 aliphatic heterocycles. The molecule has 0 aliphatic carbocycles. The first-order valence-corrected chi connectivity index (χ1v) is 6.19. The zero-order chi connectivity index (χ0) is 7.44. The fourth-order valence-corrected chi connectivity index (χ4v) is 2.68. The average Bonchev–Trinajstić information content (AvgIpc) is 1.63. The topological polar surface area (TPSA) is 3.24 Å². The molecule has 2 heteroatoms. The zero-order valence-corrected chi connectivity index (χ0v) is 8.46. The highest BCUT2D eigenvalue weighted by molar-refractivity contribution is 6.54. The average molecular weight is 143 g/mol. The first kappa shape index (κ1) is 9.49. The molecule has 54 valence electrons. The third-order valence-corrected chi connectivity index (χ3v) is 5.08. The minimum Gasteiger partial charge on any atom is -0.390 e. The van der Waals surface area contributed by atoms with E-state index in [1.807, 2.05) is 0 Å². The fourth-order valence-electron chi connectivity index (χ4n) is 0.893. The number of nitrogens with zero attached hydrogens (tertiary/aromatic N) is 1. The lowest BCUT2D eigenvalue weighted by Gasteiger charge is -2.16. The van der Waals surface area contributed by atoms with E-state index < -0.39 is 14.4 Å². The van der Waals surface area contributed by atoms with Gasteiger partial charge in [-0.25, -0.2) is 0 Å². The van der Waals surface area contributed by atoms with Crippen LogP contribution < -0.4 is 0 Å². The van der Waals surface area contributed by atoms with Gasteiger partial charge in [-0.05, 0) is 14.1 Å².